The van der Waals surface area contributed by atoms with E-state index in [4.69, 9.17) is 5.11 Å². The third-order valence-electron chi connectivity index (χ3n) is 3.34. The normalized spacial score (nSPS) is 13.6. The number of aliphatic hydroxyl groups excluding tert-OH is 1. The number of aliphatic hydroxyl groups is 1. The number of β-amino-alcohol motifs (C(OH)–C–C–N with tert-alkyl or cyclic N) is 1. The number of thioether (sulfide) groups is 1. The zero-order valence-electron chi connectivity index (χ0n) is 13.6. The van der Waals surface area contributed by atoms with Crippen LogP contribution in [0.4, 0.5) is 11.4 Å². The highest BCUT2D eigenvalue weighted by atomic mass is 32.2. The second kappa shape index (κ2) is 8.45. The van der Waals surface area contributed by atoms with Gasteiger partial charge < -0.3 is 15.2 Å². The molecule has 0 aromatic heterocycles. The molecule has 1 heterocycles. The Kier molecular flexibility index (Phi) is 6.31. The fraction of sp³-hybridized carbons (Fsp3) is 0.267. The average molecular weight is 381 g/mol. The number of rotatable bonds is 8. The highest BCUT2D eigenvalue weighted by Crippen LogP contribution is 2.32. The Morgan fingerprint density at radius 2 is 2.15 bits per heavy atom. The van der Waals surface area contributed by atoms with Crippen LogP contribution < -0.4 is 5.32 Å². The summed E-state index contributed by atoms with van der Waals surface area (Å²) >= 11 is 0.952. The fourth-order valence-corrected chi connectivity index (χ4v) is 2.96. The maximum Gasteiger partial charge on any atom is 0.315 e. The van der Waals surface area contributed by atoms with Crippen molar-refractivity contribution in [2.24, 2.45) is 0 Å². The number of nitrogens with zero attached hydrogens (tertiary/aromatic N) is 2. The highest BCUT2D eigenvalue weighted by Gasteiger charge is 2.31. The summed E-state index contributed by atoms with van der Waals surface area (Å²) in [6.45, 7) is -0.501. The van der Waals surface area contributed by atoms with Gasteiger partial charge in [-0.1, -0.05) is 0 Å². The van der Waals surface area contributed by atoms with Crippen molar-refractivity contribution in [2.45, 2.75) is 4.90 Å². The molecule has 2 amide bonds. The van der Waals surface area contributed by atoms with Crippen LogP contribution in [0.3, 0.4) is 0 Å². The maximum absolute atomic E-state index is 12.1. The number of imide groups is 1. The Labute approximate surface area is 151 Å². The number of methoxy groups -OCH3 is 1. The third-order valence-corrected chi connectivity index (χ3v) is 4.38. The largest absolute Gasteiger partial charge is 0.468 e. The molecule has 2 N–H and O–H groups in total. The monoisotopic (exact) mass is 381 g/mol. The van der Waals surface area contributed by atoms with E-state index in [1.807, 2.05) is 0 Å². The minimum absolute atomic E-state index is 0.0484. The number of nitro groups is 1. The number of anilines is 1. The molecular formula is C15H15N3O7S. The Morgan fingerprint density at radius 3 is 2.77 bits per heavy atom. The van der Waals surface area contributed by atoms with Crippen LogP contribution in [0.2, 0.25) is 0 Å². The predicted octanol–water partition coefficient (Wildman–Crippen LogP) is 0.517. The van der Waals surface area contributed by atoms with Gasteiger partial charge in [0.1, 0.15) is 5.70 Å². The number of carbonyl (C=O) groups is 3. The van der Waals surface area contributed by atoms with Crippen LogP contribution in [0.15, 0.2) is 34.9 Å². The van der Waals surface area contributed by atoms with Crippen molar-refractivity contribution in [1.82, 2.24) is 4.90 Å². The number of hydrogen-bond acceptors (Lipinski definition) is 9. The molecule has 1 aromatic carbocycles. The first-order valence-electron chi connectivity index (χ1n) is 7.30. The molecule has 1 aliphatic heterocycles. The third kappa shape index (κ3) is 4.37. The van der Waals surface area contributed by atoms with Crippen molar-refractivity contribution in [3.8, 4) is 0 Å². The first-order chi connectivity index (χ1) is 12.4. The van der Waals surface area contributed by atoms with E-state index in [9.17, 15) is 24.5 Å². The van der Waals surface area contributed by atoms with Crippen molar-refractivity contribution in [3.63, 3.8) is 0 Å². The summed E-state index contributed by atoms with van der Waals surface area (Å²) in [4.78, 5) is 46.7. The van der Waals surface area contributed by atoms with E-state index in [0.717, 1.165) is 22.7 Å². The SMILES string of the molecule is COC(=O)CSc1ccc(NC2=CC(=O)N(CCO)C2=O)cc1[N+](=O)[O-]. The van der Waals surface area contributed by atoms with Crippen molar-refractivity contribution in [3.05, 3.63) is 40.1 Å². The van der Waals surface area contributed by atoms with E-state index in [1.165, 1.54) is 25.3 Å². The van der Waals surface area contributed by atoms with E-state index in [2.05, 4.69) is 10.1 Å². The number of nitrogens with one attached hydrogen (secondary N) is 1. The van der Waals surface area contributed by atoms with E-state index in [1.54, 1.807) is 0 Å². The molecular weight excluding hydrogens is 366 g/mol. The molecule has 0 radical (unpaired) electrons. The zero-order chi connectivity index (χ0) is 19.3. The molecule has 0 unspecified atom stereocenters. The Morgan fingerprint density at radius 1 is 1.42 bits per heavy atom. The van der Waals surface area contributed by atoms with E-state index in [0.29, 0.717) is 0 Å². The van der Waals surface area contributed by atoms with Crippen molar-refractivity contribution < 1.29 is 29.2 Å². The molecule has 1 aliphatic rings. The molecule has 0 aliphatic carbocycles. The van der Waals surface area contributed by atoms with Gasteiger partial charge in [-0.25, -0.2) is 0 Å². The number of hydrogen-bond donors (Lipinski definition) is 2. The highest BCUT2D eigenvalue weighted by molar-refractivity contribution is 8.00. The maximum atomic E-state index is 12.1. The van der Waals surface area contributed by atoms with Crippen molar-refractivity contribution >= 4 is 40.9 Å². The number of ether oxygens (including phenoxy) is 1. The predicted molar refractivity (Wildman–Crippen MR) is 91.3 cm³/mol. The van der Waals surface area contributed by atoms with Gasteiger partial charge in [0, 0.05) is 17.8 Å². The van der Waals surface area contributed by atoms with Gasteiger partial charge in [0.25, 0.3) is 17.5 Å². The molecule has 0 bridgehead atoms. The first kappa shape index (κ1) is 19.4. The second-order valence-electron chi connectivity index (χ2n) is 5.01. The van der Waals surface area contributed by atoms with E-state index >= 15 is 0 Å². The molecule has 10 nitrogen and oxygen atoms in total. The molecule has 138 valence electrons. The number of amides is 2. The summed E-state index contributed by atoms with van der Waals surface area (Å²) in [5.41, 5.74) is -0.0708. The minimum atomic E-state index is -0.629. The number of nitro benzene ring substituents is 1. The summed E-state index contributed by atoms with van der Waals surface area (Å²) in [6, 6.07) is 4.12. The van der Waals surface area contributed by atoms with Gasteiger partial charge in [0.2, 0.25) is 0 Å². The summed E-state index contributed by atoms with van der Waals surface area (Å²) in [6.07, 6.45) is 1.06. The van der Waals surface area contributed by atoms with Gasteiger partial charge in [-0.3, -0.25) is 29.4 Å². The van der Waals surface area contributed by atoms with Crippen LogP contribution in [0.25, 0.3) is 0 Å². The van der Waals surface area contributed by atoms with Crippen LogP contribution >= 0.6 is 11.8 Å². The lowest BCUT2D eigenvalue weighted by Gasteiger charge is -2.13. The van der Waals surface area contributed by atoms with Gasteiger partial charge in [0.05, 0.1) is 35.8 Å². The fourth-order valence-electron chi connectivity index (χ4n) is 2.12. The molecule has 0 fully saturated rings. The lowest BCUT2D eigenvalue weighted by molar-refractivity contribution is -0.387. The van der Waals surface area contributed by atoms with Crippen LogP contribution in [-0.4, -0.2) is 58.7 Å². The molecule has 0 spiro atoms. The quantitative estimate of drug-likeness (QED) is 0.217. The van der Waals surface area contributed by atoms with Crippen molar-refractivity contribution in [1.29, 1.82) is 0 Å². The van der Waals surface area contributed by atoms with Crippen LogP contribution in [0.1, 0.15) is 0 Å². The first-order valence-corrected chi connectivity index (χ1v) is 8.29. The average Bonchev–Trinajstić information content (AvgIpc) is 2.87. The zero-order valence-corrected chi connectivity index (χ0v) is 14.4. The summed E-state index contributed by atoms with van der Waals surface area (Å²) in [5.74, 6) is -1.81. The molecule has 0 saturated carbocycles. The summed E-state index contributed by atoms with van der Waals surface area (Å²) in [5, 5.41) is 22.8. The Bertz CT molecular complexity index is 793. The number of esters is 1. The smallest absolute Gasteiger partial charge is 0.315 e. The van der Waals surface area contributed by atoms with E-state index < -0.39 is 22.7 Å². The second-order valence-corrected chi connectivity index (χ2v) is 6.02. The van der Waals surface area contributed by atoms with Gasteiger partial charge in [-0.2, -0.15) is 0 Å². The summed E-state index contributed by atoms with van der Waals surface area (Å²) < 4.78 is 4.50. The summed E-state index contributed by atoms with van der Waals surface area (Å²) in [7, 11) is 1.22. The Hall–Kier alpha value is -2.92. The van der Waals surface area contributed by atoms with Crippen LogP contribution in [0, 0.1) is 10.1 Å². The molecule has 2 rings (SSSR count). The van der Waals surface area contributed by atoms with E-state index in [-0.39, 0.29) is 40.9 Å². The standard InChI is InChI=1S/C15H15N3O7S/c1-25-14(21)8-26-12-3-2-9(6-11(12)18(23)24)16-10-7-13(20)17(4-5-19)15(10)22/h2-3,6-7,16,19H,4-5,8H2,1H3. The van der Waals surface area contributed by atoms with Gasteiger partial charge in [0.15, 0.2) is 0 Å². The number of carbonyl (C=O) groups excluding carboxylic acids is 3. The molecule has 26 heavy (non-hydrogen) atoms. The topological polar surface area (TPSA) is 139 Å². The van der Waals surface area contributed by atoms with Gasteiger partial charge in [-0.05, 0) is 12.1 Å². The van der Waals surface area contributed by atoms with Gasteiger partial charge >= 0.3 is 5.97 Å². The van der Waals surface area contributed by atoms with Crippen LogP contribution in [0.5, 0.6) is 0 Å². The molecule has 0 saturated heterocycles. The van der Waals surface area contributed by atoms with Crippen LogP contribution in [-0.2, 0) is 19.1 Å². The molecule has 11 heteroatoms. The lowest BCUT2D eigenvalue weighted by Crippen LogP contribution is -2.34. The van der Waals surface area contributed by atoms with Crippen molar-refractivity contribution in [2.75, 3.05) is 31.3 Å². The molecule has 0 atom stereocenters. The molecule has 1 aromatic rings. The lowest BCUT2D eigenvalue weighted by atomic mass is 10.2. The Balaban J connectivity index is 2.18. The van der Waals surface area contributed by atoms with Gasteiger partial charge in [-0.15, -0.1) is 11.8 Å². The minimum Gasteiger partial charge on any atom is -0.468 e. The number of benzene rings is 1.